The van der Waals surface area contributed by atoms with Gasteiger partial charge in [-0.25, -0.2) is 8.78 Å². The number of ether oxygens (including phenoxy) is 2. The molecule has 216 valence electrons. The van der Waals surface area contributed by atoms with Crippen molar-refractivity contribution in [3.63, 3.8) is 0 Å². The van der Waals surface area contributed by atoms with E-state index in [0.717, 1.165) is 29.6 Å². The van der Waals surface area contributed by atoms with Crippen molar-refractivity contribution >= 4 is 16.6 Å². The van der Waals surface area contributed by atoms with E-state index in [0.29, 0.717) is 36.3 Å². The van der Waals surface area contributed by atoms with E-state index in [1.165, 1.54) is 12.1 Å². The summed E-state index contributed by atoms with van der Waals surface area (Å²) in [6.45, 7) is 0.686. The summed E-state index contributed by atoms with van der Waals surface area (Å²) in [5, 5.41) is 4.08. The molecule has 3 aromatic rings. The van der Waals surface area contributed by atoms with Gasteiger partial charge in [-0.05, 0) is 49.6 Å². The van der Waals surface area contributed by atoms with E-state index in [1.807, 2.05) is 17.9 Å². The summed E-state index contributed by atoms with van der Waals surface area (Å²) >= 11 is 0. The minimum atomic E-state index is -3.06. The van der Waals surface area contributed by atoms with E-state index in [9.17, 15) is 17.6 Å². The molecule has 1 aromatic heterocycles. The number of aromatic nitrogens is 1. The number of H-pyrrole nitrogens is 1. The number of fused-ring (bicyclic) bond motifs is 3. The highest BCUT2D eigenvalue weighted by atomic mass is 19.3. The quantitative estimate of drug-likeness (QED) is 0.322. The summed E-state index contributed by atoms with van der Waals surface area (Å²) in [4.78, 5) is 7.47. The summed E-state index contributed by atoms with van der Waals surface area (Å²) in [5.41, 5.74) is 1.86. The van der Waals surface area contributed by atoms with Gasteiger partial charge in [-0.3, -0.25) is 14.2 Å². The smallest absolute Gasteiger partial charge is 0.387 e. The Morgan fingerprint density at radius 1 is 1.18 bits per heavy atom. The second kappa shape index (κ2) is 10.8. The van der Waals surface area contributed by atoms with E-state index in [1.54, 1.807) is 18.2 Å². The monoisotopic (exact) mass is 564 g/mol. The molecule has 40 heavy (non-hydrogen) atoms. The van der Waals surface area contributed by atoms with Crippen LogP contribution < -0.4 is 10.1 Å². The highest BCUT2D eigenvalue weighted by molar-refractivity contribution is 5.85. The summed E-state index contributed by atoms with van der Waals surface area (Å²) < 4.78 is 79.8. The standard InChI is InChI=1S/C29H33F5N4O2/c1-17-9-23-22-10-18(31)3-6-24(22)36-26(23)27(38(17)14-29(34)15-39-16-29)21-5-4-19(11-25(21)40-28(32)33)35-20-12-37(13-20)8-2-7-30/h3-6,10-11,17,20,27-28,35-36H,2,7-9,12-16H2,1H3/t17-,27?/m1/s1. The van der Waals surface area contributed by atoms with Crippen LogP contribution in [0.25, 0.3) is 10.9 Å². The van der Waals surface area contributed by atoms with Gasteiger partial charge in [0.15, 0.2) is 5.67 Å². The molecule has 0 bridgehead atoms. The molecule has 3 aliphatic rings. The Morgan fingerprint density at radius 3 is 2.67 bits per heavy atom. The molecule has 4 heterocycles. The lowest BCUT2D eigenvalue weighted by molar-refractivity contribution is -0.148. The number of hydrogen-bond acceptors (Lipinski definition) is 5. The van der Waals surface area contributed by atoms with E-state index < -0.39 is 18.3 Å². The maximum Gasteiger partial charge on any atom is 0.387 e. The Bertz CT molecular complexity index is 1360. The highest BCUT2D eigenvalue weighted by Gasteiger charge is 2.46. The van der Waals surface area contributed by atoms with Crippen molar-refractivity contribution in [2.24, 2.45) is 0 Å². The number of anilines is 1. The zero-order valence-corrected chi connectivity index (χ0v) is 22.2. The molecule has 0 saturated carbocycles. The Labute approximate surface area is 229 Å². The summed E-state index contributed by atoms with van der Waals surface area (Å²) in [5.74, 6) is -0.377. The van der Waals surface area contributed by atoms with Gasteiger partial charge in [-0.15, -0.1) is 0 Å². The average molecular weight is 565 g/mol. The number of alkyl halides is 4. The van der Waals surface area contributed by atoms with Crippen molar-refractivity contribution in [3.8, 4) is 5.75 Å². The third-order valence-corrected chi connectivity index (χ3v) is 8.22. The lowest BCUT2D eigenvalue weighted by atomic mass is 9.86. The largest absolute Gasteiger partial charge is 0.434 e. The fourth-order valence-corrected chi connectivity index (χ4v) is 6.26. The van der Waals surface area contributed by atoms with Crippen molar-refractivity contribution in [2.45, 2.75) is 50.2 Å². The molecule has 6 rings (SSSR count). The topological polar surface area (TPSA) is 52.8 Å². The number of likely N-dealkylation sites (tertiary alicyclic amines) is 1. The third-order valence-electron chi connectivity index (χ3n) is 8.22. The van der Waals surface area contributed by atoms with Gasteiger partial charge < -0.3 is 19.8 Å². The first-order valence-corrected chi connectivity index (χ1v) is 13.7. The zero-order chi connectivity index (χ0) is 28.0. The van der Waals surface area contributed by atoms with Crippen molar-refractivity contribution in [1.82, 2.24) is 14.8 Å². The van der Waals surface area contributed by atoms with Gasteiger partial charge in [0.1, 0.15) is 11.6 Å². The molecule has 0 amide bonds. The van der Waals surface area contributed by atoms with Crippen LogP contribution in [0.2, 0.25) is 0 Å². The Balaban J connectivity index is 1.37. The number of benzene rings is 2. The number of hydrogen-bond donors (Lipinski definition) is 2. The van der Waals surface area contributed by atoms with Gasteiger partial charge in [0, 0.05) is 66.1 Å². The van der Waals surface area contributed by atoms with Gasteiger partial charge in [-0.2, -0.15) is 8.78 Å². The normalized spacial score (nSPS) is 23.2. The van der Waals surface area contributed by atoms with Gasteiger partial charge in [-0.1, -0.05) is 6.07 Å². The fourth-order valence-electron chi connectivity index (χ4n) is 6.26. The first-order chi connectivity index (χ1) is 19.2. The minimum Gasteiger partial charge on any atom is -0.434 e. The molecule has 0 aliphatic carbocycles. The SMILES string of the molecule is C[C@@H]1Cc2c([nH]c3ccc(F)cc23)C(c2ccc(NC3CN(CCCF)C3)cc2OC(F)F)N1CC1(F)COC1. The van der Waals surface area contributed by atoms with Crippen molar-refractivity contribution < 1.29 is 31.4 Å². The summed E-state index contributed by atoms with van der Waals surface area (Å²) in [7, 11) is 0. The maximum absolute atomic E-state index is 15.4. The number of nitrogens with zero attached hydrogens (tertiary/aromatic N) is 2. The van der Waals surface area contributed by atoms with Crippen molar-refractivity contribution in [2.75, 3.05) is 51.4 Å². The molecule has 2 fully saturated rings. The number of rotatable bonds is 10. The molecule has 2 saturated heterocycles. The van der Waals surface area contributed by atoms with Crippen LogP contribution in [0.5, 0.6) is 5.75 Å². The number of halogens is 5. The van der Waals surface area contributed by atoms with Crippen molar-refractivity contribution in [1.29, 1.82) is 0 Å². The highest BCUT2D eigenvalue weighted by Crippen LogP contribution is 2.46. The van der Waals surface area contributed by atoms with Gasteiger partial charge in [0.2, 0.25) is 0 Å². The van der Waals surface area contributed by atoms with Crippen LogP contribution in [0.4, 0.5) is 27.6 Å². The van der Waals surface area contributed by atoms with Crippen LogP contribution in [0.1, 0.15) is 36.2 Å². The Hall–Kier alpha value is -2.89. The molecule has 2 aromatic carbocycles. The molecule has 11 heteroatoms. The maximum atomic E-state index is 15.4. The third kappa shape index (κ3) is 5.26. The second-order valence-corrected chi connectivity index (χ2v) is 11.3. The van der Waals surface area contributed by atoms with Gasteiger partial charge in [0.05, 0.1) is 32.0 Å². The van der Waals surface area contributed by atoms with Crippen LogP contribution in [-0.4, -0.2) is 85.2 Å². The van der Waals surface area contributed by atoms with Crippen LogP contribution in [0.15, 0.2) is 36.4 Å². The van der Waals surface area contributed by atoms with E-state index in [4.69, 9.17) is 9.47 Å². The Morgan fingerprint density at radius 2 is 1.98 bits per heavy atom. The molecule has 0 spiro atoms. The number of aromatic amines is 1. The van der Waals surface area contributed by atoms with Crippen LogP contribution in [-0.2, 0) is 11.2 Å². The number of nitrogens with one attached hydrogen (secondary N) is 2. The molecule has 2 atom stereocenters. The lowest BCUT2D eigenvalue weighted by Gasteiger charge is -2.46. The lowest BCUT2D eigenvalue weighted by Crippen LogP contribution is -2.57. The van der Waals surface area contributed by atoms with Crippen LogP contribution in [0, 0.1) is 5.82 Å². The van der Waals surface area contributed by atoms with E-state index in [2.05, 4.69) is 15.2 Å². The summed E-state index contributed by atoms with van der Waals surface area (Å²) in [6, 6.07) is 8.92. The molecule has 6 nitrogen and oxygen atoms in total. The van der Waals surface area contributed by atoms with Gasteiger partial charge >= 0.3 is 6.61 Å². The zero-order valence-electron chi connectivity index (χ0n) is 22.2. The van der Waals surface area contributed by atoms with E-state index in [-0.39, 0.29) is 50.1 Å². The van der Waals surface area contributed by atoms with Crippen LogP contribution >= 0.6 is 0 Å². The van der Waals surface area contributed by atoms with E-state index >= 15 is 4.39 Å². The molecule has 1 unspecified atom stereocenters. The molecule has 2 N–H and O–H groups in total. The predicted octanol–water partition coefficient (Wildman–Crippen LogP) is 5.44. The summed E-state index contributed by atoms with van der Waals surface area (Å²) in [6.07, 6.45) is 1.02. The average Bonchev–Trinajstić information content (AvgIpc) is 3.22. The predicted molar refractivity (Wildman–Crippen MR) is 142 cm³/mol. The molecule has 3 aliphatic heterocycles. The molecular weight excluding hydrogens is 531 g/mol. The Kier molecular flexibility index (Phi) is 7.39. The van der Waals surface area contributed by atoms with Crippen LogP contribution in [0.3, 0.4) is 0 Å². The van der Waals surface area contributed by atoms with Gasteiger partial charge in [0.25, 0.3) is 0 Å². The minimum absolute atomic E-state index is 0.00809. The first kappa shape index (κ1) is 27.3. The molecule has 0 radical (unpaired) electrons. The van der Waals surface area contributed by atoms with Crippen molar-refractivity contribution in [3.05, 3.63) is 59.0 Å². The second-order valence-electron chi connectivity index (χ2n) is 11.3. The first-order valence-electron chi connectivity index (χ1n) is 13.7. The fraction of sp³-hybridized carbons (Fsp3) is 0.517. The molecular formula is C29H33F5N4O2.